The van der Waals surface area contributed by atoms with Crippen molar-refractivity contribution in [2.75, 3.05) is 33.4 Å². The van der Waals surface area contributed by atoms with Gasteiger partial charge in [0.2, 0.25) is 0 Å². The van der Waals surface area contributed by atoms with Gasteiger partial charge in [-0.1, -0.05) is 19.9 Å². The second kappa shape index (κ2) is 7.45. The largest absolute Gasteiger partial charge is 0.480 e. The highest BCUT2D eigenvalue weighted by Gasteiger charge is 2.45. The molecule has 1 rings (SSSR count). The van der Waals surface area contributed by atoms with Gasteiger partial charge in [0, 0.05) is 26.7 Å². The molecule has 1 atom stereocenters. The van der Waals surface area contributed by atoms with Crippen LogP contribution in [-0.2, 0) is 9.53 Å². The number of hydrogen-bond acceptors (Lipinski definition) is 3. The molecule has 1 unspecified atom stereocenters. The zero-order valence-corrected chi connectivity index (χ0v) is 13.2. The third-order valence-electron chi connectivity index (χ3n) is 3.94. The molecule has 1 N–H and O–H groups in total. The number of likely N-dealkylation sites (tertiary alicyclic amines) is 1. The average Bonchev–Trinajstić information content (AvgIpc) is 2.40. The van der Waals surface area contributed by atoms with Crippen LogP contribution < -0.4 is 0 Å². The first-order valence-corrected chi connectivity index (χ1v) is 7.23. The van der Waals surface area contributed by atoms with Crippen LogP contribution in [0.15, 0.2) is 12.7 Å². The molecule has 0 radical (unpaired) electrons. The van der Waals surface area contributed by atoms with Gasteiger partial charge in [-0.15, -0.1) is 6.58 Å². The lowest BCUT2D eigenvalue weighted by Crippen LogP contribution is -2.59. The molecule has 0 aliphatic carbocycles. The van der Waals surface area contributed by atoms with Crippen LogP contribution in [0.3, 0.4) is 0 Å². The van der Waals surface area contributed by atoms with Crippen LogP contribution in [0.5, 0.6) is 0 Å². The van der Waals surface area contributed by atoms with Crippen LogP contribution in [0.4, 0.5) is 4.79 Å². The van der Waals surface area contributed by atoms with E-state index in [0.29, 0.717) is 26.2 Å². The first-order valence-electron chi connectivity index (χ1n) is 7.23. The number of urea groups is 1. The van der Waals surface area contributed by atoms with E-state index in [1.54, 1.807) is 18.1 Å². The normalized spacial score (nSPS) is 20.9. The van der Waals surface area contributed by atoms with Gasteiger partial charge in [-0.2, -0.15) is 0 Å². The lowest BCUT2D eigenvalue weighted by Gasteiger charge is -2.45. The highest BCUT2D eigenvalue weighted by molar-refractivity contribution is 5.83. The number of amides is 2. The average molecular weight is 298 g/mol. The number of carbonyl (C=O) groups is 2. The van der Waals surface area contributed by atoms with E-state index >= 15 is 0 Å². The predicted octanol–water partition coefficient (Wildman–Crippen LogP) is 1.82. The number of hydrogen-bond donors (Lipinski definition) is 1. The van der Waals surface area contributed by atoms with Crippen LogP contribution in [0, 0.1) is 5.41 Å². The Kier molecular flexibility index (Phi) is 6.20. The molecule has 0 aromatic rings. The molecule has 0 aromatic heterocycles. The molecular formula is C15H26N2O4. The molecule has 0 saturated carbocycles. The van der Waals surface area contributed by atoms with Crippen LogP contribution in [0.1, 0.15) is 26.7 Å². The summed E-state index contributed by atoms with van der Waals surface area (Å²) in [6.45, 7) is 9.14. The summed E-state index contributed by atoms with van der Waals surface area (Å²) < 4.78 is 5.01. The minimum Gasteiger partial charge on any atom is -0.480 e. The first kappa shape index (κ1) is 17.5. The van der Waals surface area contributed by atoms with E-state index in [9.17, 15) is 14.7 Å². The number of aliphatic carboxylic acids is 1. The van der Waals surface area contributed by atoms with Crippen molar-refractivity contribution < 1.29 is 19.4 Å². The van der Waals surface area contributed by atoms with Gasteiger partial charge in [-0.3, -0.25) is 0 Å². The Morgan fingerprint density at radius 1 is 1.52 bits per heavy atom. The number of carboxylic acid groups (broad SMARTS) is 1. The summed E-state index contributed by atoms with van der Waals surface area (Å²) in [7, 11) is 1.57. The van der Waals surface area contributed by atoms with Crippen molar-refractivity contribution in [2.24, 2.45) is 5.41 Å². The van der Waals surface area contributed by atoms with Gasteiger partial charge in [-0.05, 0) is 18.3 Å². The van der Waals surface area contributed by atoms with Crippen molar-refractivity contribution in [2.45, 2.75) is 32.7 Å². The lowest BCUT2D eigenvalue weighted by molar-refractivity contribution is -0.148. The maximum Gasteiger partial charge on any atom is 0.327 e. The summed E-state index contributed by atoms with van der Waals surface area (Å²) in [5.41, 5.74) is -0.430. The number of piperidine rings is 1. The molecule has 21 heavy (non-hydrogen) atoms. The maximum atomic E-state index is 12.7. The minimum atomic E-state index is -0.946. The van der Waals surface area contributed by atoms with E-state index in [1.807, 2.05) is 13.8 Å². The SMILES string of the molecule is C=CCN(CCOC)C(=O)N1CCCC(C)(C)C1C(=O)O. The Labute approximate surface area is 126 Å². The fourth-order valence-corrected chi connectivity index (χ4v) is 2.87. The van der Waals surface area contributed by atoms with E-state index in [0.717, 1.165) is 12.8 Å². The van der Waals surface area contributed by atoms with Crippen molar-refractivity contribution in [1.29, 1.82) is 0 Å². The molecule has 6 nitrogen and oxygen atoms in total. The van der Waals surface area contributed by atoms with Crippen molar-refractivity contribution >= 4 is 12.0 Å². The first-order chi connectivity index (χ1) is 9.85. The third kappa shape index (κ3) is 4.20. The standard InChI is InChI=1S/C15H26N2O4/c1-5-8-16(10-11-21-4)14(20)17-9-6-7-15(2,3)12(17)13(18)19/h5,12H,1,6-11H2,2-4H3,(H,18,19). The van der Waals surface area contributed by atoms with E-state index in [-0.39, 0.29) is 6.03 Å². The van der Waals surface area contributed by atoms with Gasteiger partial charge < -0.3 is 19.6 Å². The maximum absolute atomic E-state index is 12.7. The number of methoxy groups -OCH3 is 1. The van der Waals surface area contributed by atoms with Crippen molar-refractivity contribution in [1.82, 2.24) is 9.80 Å². The van der Waals surface area contributed by atoms with Crippen LogP contribution in [0.2, 0.25) is 0 Å². The zero-order valence-electron chi connectivity index (χ0n) is 13.2. The lowest BCUT2D eigenvalue weighted by atomic mass is 9.76. The predicted molar refractivity (Wildman–Crippen MR) is 80.2 cm³/mol. The number of carboxylic acids is 1. The summed E-state index contributed by atoms with van der Waals surface area (Å²) >= 11 is 0. The highest BCUT2D eigenvalue weighted by Crippen LogP contribution is 2.35. The van der Waals surface area contributed by atoms with Gasteiger partial charge in [0.25, 0.3) is 0 Å². The minimum absolute atomic E-state index is 0.257. The fourth-order valence-electron chi connectivity index (χ4n) is 2.87. The topological polar surface area (TPSA) is 70.1 Å². The van der Waals surface area contributed by atoms with Crippen LogP contribution >= 0.6 is 0 Å². The second-order valence-corrected chi connectivity index (χ2v) is 6.04. The van der Waals surface area contributed by atoms with E-state index in [2.05, 4.69) is 6.58 Å². The van der Waals surface area contributed by atoms with Gasteiger partial charge in [0.05, 0.1) is 6.61 Å². The van der Waals surface area contributed by atoms with Gasteiger partial charge in [0.15, 0.2) is 0 Å². The zero-order chi connectivity index (χ0) is 16.0. The van der Waals surface area contributed by atoms with Gasteiger partial charge in [0.1, 0.15) is 6.04 Å². The summed E-state index contributed by atoms with van der Waals surface area (Å²) in [6.07, 6.45) is 3.25. The summed E-state index contributed by atoms with van der Waals surface area (Å²) in [5, 5.41) is 9.52. The Morgan fingerprint density at radius 2 is 2.19 bits per heavy atom. The molecule has 0 aromatic carbocycles. The van der Waals surface area contributed by atoms with Gasteiger partial charge >= 0.3 is 12.0 Å². The van der Waals surface area contributed by atoms with Crippen molar-refractivity contribution in [3.05, 3.63) is 12.7 Å². The van der Waals surface area contributed by atoms with Crippen molar-refractivity contribution in [3.63, 3.8) is 0 Å². The summed E-state index contributed by atoms with van der Waals surface area (Å²) in [4.78, 5) is 27.4. The Hall–Kier alpha value is -1.56. The number of ether oxygens (including phenoxy) is 1. The smallest absolute Gasteiger partial charge is 0.327 e. The Bertz CT molecular complexity index is 395. The molecule has 6 heteroatoms. The molecule has 1 aliphatic rings. The second-order valence-electron chi connectivity index (χ2n) is 6.04. The van der Waals surface area contributed by atoms with E-state index in [4.69, 9.17) is 4.74 Å². The Balaban J connectivity index is 2.94. The summed E-state index contributed by atoms with van der Waals surface area (Å²) in [6, 6.07) is -1.05. The quantitative estimate of drug-likeness (QED) is 0.759. The van der Waals surface area contributed by atoms with E-state index < -0.39 is 17.4 Å². The third-order valence-corrected chi connectivity index (χ3v) is 3.94. The molecule has 2 amide bonds. The molecule has 1 aliphatic heterocycles. The van der Waals surface area contributed by atoms with Crippen molar-refractivity contribution in [3.8, 4) is 0 Å². The monoisotopic (exact) mass is 298 g/mol. The molecule has 0 bridgehead atoms. The van der Waals surface area contributed by atoms with E-state index in [1.165, 1.54) is 4.90 Å². The summed E-state index contributed by atoms with van der Waals surface area (Å²) in [5.74, 6) is -0.946. The molecule has 1 heterocycles. The molecule has 120 valence electrons. The molecule has 1 fully saturated rings. The van der Waals surface area contributed by atoms with Gasteiger partial charge in [-0.25, -0.2) is 9.59 Å². The van der Waals surface area contributed by atoms with Crippen LogP contribution in [-0.4, -0.2) is 66.3 Å². The highest BCUT2D eigenvalue weighted by atomic mass is 16.5. The number of carbonyl (C=O) groups excluding carboxylic acids is 1. The number of nitrogens with zero attached hydrogens (tertiary/aromatic N) is 2. The Morgan fingerprint density at radius 3 is 2.71 bits per heavy atom. The fraction of sp³-hybridized carbons (Fsp3) is 0.733. The molecule has 0 spiro atoms. The molecule has 1 saturated heterocycles. The number of rotatable bonds is 6. The van der Waals surface area contributed by atoms with Crippen LogP contribution in [0.25, 0.3) is 0 Å². The molecular weight excluding hydrogens is 272 g/mol.